The molecule has 0 bridgehead atoms. The van der Waals surface area contributed by atoms with Crippen molar-refractivity contribution in [2.45, 2.75) is 274 Å². The molecule has 5 atom stereocenters. The Balaban J connectivity index is -0.000000323. The third kappa shape index (κ3) is 70.5. The van der Waals surface area contributed by atoms with Crippen LogP contribution in [0.1, 0.15) is 250 Å². The summed E-state index contributed by atoms with van der Waals surface area (Å²) in [4.78, 5) is 0. The molecule has 0 N–H and O–H groups in total. The van der Waals surface area contributed by atoms with E-state index >= 15 is 0 Å². The molecule has 0 aliphatic heterocycles. The SMILES string of the molecule is C=COC1CCC(C(C)(C)C2CCC(OC=C)CC2)CC1.C=COCC(C)(C)COC=C.C=COCC(CC)(CCCC)COC=C.C=COCC(CC)(COC=C)COC=C.C=COCC(CC)C(CCC)OC=C.C=COCC(CC)CC(CC)COC=C.C=COCC(CCCCCCCC)OC=C.C=COCC(COC=C)(COC=C)COC=C. The first kappa shape index (κ1) is 126. The van der Waals surface area contributed by atoms with Gasteiger partial charge in [-0.25, -0.2) is 0 Å². The summed E-state index contributed by atoms with van der Waals surface area (Å²) in [5.41, 5.74) is -0.0829. The first-order valence-electron chi connectivity index (χ1n) is 45.3. The van der Waals surface area contributed by atoms with Gasteiger partial charge in [0.2, 0.25) is 0 Å². The fourth-order valence-electron chi connectivity index (χ4n) is 13.8. The molecule has 19 heteroatoms. The van der Waals surface area contributed by atoms with Gasteiger partial charge in [-0.05, 0) is 132 Å². The lowest BCUT2D eigenvalue weighted by atomic mass is 9.60. The van der Waals surface area contributed by atoms with E-state index in [1.165, 1.54) is 209 Å². The van der Waals surface area contributed by atoms with Gasteiger partial charge in [-0.1, -0.05) is 272 Å². The van der Waals surface area contributed by atoms with Crippen LogP contribution in [0.4, 0.5) is 0 Å². The molecule has 0 saturated heterocycles. The summed E-state index contributed by atoms with van der Waals surface area (Å²) in [6, 6.07) is 0. The number of ether oxygens (including phenoxy) is 19. The molecular formula is C105H184O19. The van der Waals surface area contributed by atoms with Gasteiger partial charge in [-0.15, -0.1) is 0 Å². The molecule has 0 aromatic rings. The summed E-state index contributed by atoms with van der Waals surface area (Å²) in [6.45, 7) is 102. The maximum absolute atomic E-state index is 5.57. The van der Waals surface area contributed by atoms with Crippen molar-refractivity contribution in [3.63, 3.8) is 0 Å². The Morgan fingerprint density at radius 3 is 0.903 bits per heavy atom. The summed E-state index contributed by atoms with van der Waals surface area (Å²) in [5, 5.41) is 0. The van der Waals surface area contributed by atoms with Crippen LogP contribution in [0.3, 0.4) is 0 Å². The average Bonchev–Trinajstić information content (AvgIpc) is 0.803. The van der Waals surface area contributed by atoms with Crippen molar-refractivity contribution in [1.82, 2.24) is 0 Å². The number of hydrogen-bond donors (Lipinski definition) is 0. The lowest BCUT2D eigenvalue weighted by Crippen LogP contribution is -2.40. The highest BCUT2D eigenvalue weighted by Crippen LogP contribution is 2.49. The van der Waals surface area contributed by atoms with E-state index in [9.17, 15) is 0 Å². The lowest BCUT2D eigenvalue weighted by Gasteiger charge is -2.46. The highest BCUT2D eigenvalue weighted by Gasteiger charge is 2.41. The second-order valence-corrected chi connectivity index (χ2v) is 32.2. The molecule has 2 aliphatic carbocycles. The van der Waals surface area contributed by atoms with E-state index in [2.05, 4.69) is 208 Å². The number of rotatable bonds is 75. The molecule has 2 fully saturated rings. The second kappa shape index (κ2) is 90.5. The van der Waals surface area contributed by atoms with Gasteiger partial charge in [0.1, 0.15) is 50.7 Å². The molecule has 718 valence electrons. The van der Waals surface area contributed by atoms with Crippen molar-refractivity contribution in [2.75, 3.05) is 99.1 Å². The van der Waals surface area contributed by atoms with Gasteiger partial charge in [-0.3, -0.25) is 0 Å². The first-order valence-corrected chi connectivity index (χ1v) is 45.3. The first-order chi connectivity index (χ1) is 59.8. The van der Waals surface area contributed by atoms with Crippen molar-refractivity contribution in [1.29, 1.82) is 0 Å². The van der Waals surface area contributed by atoms with Crippen molar-refractivity contribution in [3.8, 4) is 0 Å². The predicted octanol–water partition coefficient (Wildman–Crippen LogP) is 28.8. The smallest absolute Gasteiger partial charge is 0.132 e. The number of unbranched alkanes of at least 4 members (excludes halogenated alkanes) is 6. The molecular weight excluding hydrogens is 1570 g/mol. The predicted molar refractivity (Wildman–Crippen MR) is 520 cm³/mol. The summed E-state index contributed by atoms with van der Waals surface area (Å²) in [5.74, 6) is 3.29. The molecule has 0 spiro atoms. The summed E-state index contributed by atoms with van der Waals surface area (Å²) in [7, 11) is 0. The van der Waals surface area contributed by atoms with Gasteiger partial charge < -0.3 is 90.0 Å². The molecule has 2 rings (SSSR count). The molecule has 2 saturated carbocycles. The topological polar surface area (TPSA) is 175 Å². The van der Waals surface area contributed by atoms with Crippen molar-refractivity contribution in [2.24, 2.45) is 56.7 Å². The van der Waals surface area contributed by atoms with Gasteiger partial charge in [0.15, 0.2) is 0 Å². The molecule has 124 heavy (non-hydrogen) atoms. The monoisotopic (exact) mass is 1750 g/mol. The molecule has 2 aliphatic rings. The van der Waals surface area contributed by atoms with Crippen LogP contribution in [0.15, 0.2) is 244 Å². The third-order valence-electron chi connectivity index (χ3n) is 22.0. The van der Waals surface area contributed by atoms with Gasteiger partial charge >= 0.3 is 0 Å². The van der Waals surface area contributed by atoms with Crippen LogP contribution in [0.2, 0.25) is 0 Å². The molecule has 5 unspecified atom stereocenters. The van der Waals surface area contributed by atoms with E-state index in [0.717, 1.165) is 89.3 Å². The molecule has 0 heterocycles. The fraction of sp³-hybridized carbons (Fsp3) is 0.638. The maximum Gasteiger partial charge on any atom is 0.132 e. The summed E-state index contributed by atoms with van der Waals surface area (Å²) in [6.07, 6.45) is 59.9. The van der Waals surface area contributed by atoms with E-state index in [4.69, 9.17) is 90.0 Å². The quantitative estimate of drug-likeness (QED) is 0.0415. The van der Waals surface area contributed by atoms with Gasteiger partial charge in [0, 0.05) is 16.7 Å². The zero-order chi connectivity index (χ0) is 94.6. The van der Waals surface area contributed by atoms with Crippen LogP contribution in [0, 0.1) is 56.7 Å². The maximum atomic E-state index is 5.57. The minimum absolute atomic E-state index is 0.0162. The molecule has 0 amide bonds. The zero-order valence-electron chi connectivity index (χ0n) is 80.8. The van der Waals surface area contributed by atoms with Crippen LogP contribution in [0.25, 0.3) is 0 Å². The van der Waals surface area contributed by atoms with Crippen LogP contribution < -0.4 is 0 Å². The Hall–Kier alpha value is -8.74. The molecule has 0 radical (unpaired) electrons. The van der Waals surface area contributed by atoms with E-state index in [-0.39, 0.29) is 28.5 Å². The normalized spacial score (nSPS) is 15.4. The van der Waals surface area contributed by atoms with Gasteiger partial charge in [-0.2, -0.15) is 0 Å². The van der Waals surface area contributed by atoms with Crippen LogP contribution in [-0.2, 0) is 90.0 Å². The van der Waals surface area contributed by atoms with Crippen molar-refractivity contribution >= 4 is 0 Å². The second-order valence-electron chi connectivity index (χ2n) is 32.2. The summed E-state index contributed by atoms with van der Waals surface area (Å²) >= 11 is 0. The molecule has 19 nitrogen and oxygen atoms in total. The largest absolute Gasteiger partial charge is 0.502 e. The van der Waals surface area contributed by atoms with Gasteiger partial charge in [0.25, 0.3) is 0 Å². The fourth-order valence-corrected chi connectivity index (χ4v) is 13.8. The Morgan fingerprint density at radius 2 is 0.597 bits per heavy atom. The minimum atomic E-state index is -0.468. The molecule has 0 aromatic heterocycles. The van der Waals surface area contributed by atoms with E-state index in [1.807, 2.05) is 0 Å². The highest BCUT2D eigenvalue weighted by atomic mass is 16.5. The molecule has 0 aromatic carbocycles. The lowest BCUT2D eigenvalue weighted by molar-refractivity contribution is -0.0471. The Kier molecular flexibility index (Phi) is 92.0. The Bertz CT molecular complexity index is 2440. The van der Waals surface area contributed by atoms with E-state index in [0.29, 0.717) is 121 Å². The standard InChI is InChI=1S/C19H32O2.C14H26O2.C13H20O4.2C13H24O2.C12H20O3.C12H22O2.C9H16O2/c1-5-20-17-11-7-15(8-12-17)19(3,4)16-9-13-18(14-10-16)21-6-2;1-4-7-8-9-10-11-12-14(16-6-3)13-15-5-2;1-5-14-9-13(10-15-6-2,11-16-7-3)12-17-8-4;1-5-12(10-14-7-3)9-13(6-2)11-15-8-4;1-5-9-10-13(6-2,11-14-7-3)12-15-8-4;1-5-12(9-13-6-2,10-14-7-3)11-15-8-4;1-5-9-12(14-8-4)11(6-2)10-13-7-3;1-5-10-7-9(3,4)8-11-6-2/h5-6,15-18H,1-2,7-14H2,3-4H3;5-6,14H,2-4,7-13H2,1H3;5-8H,1-4,9-12H2;7-8,12-13H,3-6,9-11H2,1-2H3;7-8H,3-6,9-12H2,1-2H3;6-8H,2-5,9-11H2,1H3;7-8,11-12H,3-6,9-10H2,1-2H3;5-6H,1-2,7-8H2,3-4H3. The van der Waals surface area contributed by atoms with Crippen molar-refractivity contribution in [3.05, 3.63) is 244 Å². The third-order valence-corrected chi connectivity index (χ3v) is 22.0. The minimum Gasteiger partial charge on any atom is -0.502 e. The Morgan fingerprint density at radius 1 is 0.282 bits per heavy atom. The van der Waals surface area contributed by atoms with Crippen LogP contribution >= 0.6 is 0 Å². The summed E-state index contributed by atoms with van der Waals surface area (Å²) < 4.78 is 100. The van der Waals surface area contributed by atoms with Gasteiger partial charge in [0.05, 0.1) is 203 Å². The number of hydrogen-bond acceptors (Lipinski definition) is 19. The van der Waals surface area contributed by atoms with Crippen LogP contribution in [-0.4, -0.2) is 124 Å². The Labute approximate surface area is 760 Å². The zero-order valence-corrected chi connectivity index (χ0v) is 80.8. The van der Waals surface area contributed by atoms with E-state index < -0.39 is 5.41 Å². The van der Waals surface area contributed by atoms with Crippen molar-refractivity contribution < 1.29 is 90.0 Å². The van der Waals surface area contributed by atoms with Crippen LogP contribution in [0.5, 0.6) is 0 Å². The highest BCUT2D eigenvalue weighted by molar-refractivity contribution is 4.92. The average molecular weight is 1750 g/mol. The van der Waals surface area contributed by atoms with E-state index in [1.54, 1.807) is 12.5 Å².